The van der Waals surface area contributed by atoms with E-state index < -0.39 is 11.9 Å². The van der Waals surface area contributed by atoms with Crippen molar-refractivity contribution in [3.63, 3.8) is 0 Å². The number of carbonyl (C=O) groups excluding carboxylic acids is 2. The molecule has 1 unspecified atom stereocenters. The molecule has 2 aliphatic rings. The summed E-state index contributed by atoms with van der Waals surface area (Å²) in [5.41, 5.74) is 3.76. The smallest absolute Gasteiger partial charge is 0.321 e. The second-order valence-corrected chi connectivity index (χ2v) is 7.41. The van der Waals surface area contributed by atoms with Crippen LogP contribution in [0.25, 0.3) is 5.65 Å². The number of nitrogens with zero attached hydrogens (tertiary/aromatic N) is 3. The third-order valence-electron chi connectivity index (χ3n) is 5.27. The Kier molecular flexibility index (Phi) is 3.65. The topological polar surface area (TPSA) is 88.4 Å². The minimum Gasteiger partial charge on any atom is -0.337 e. The van der Waals surface area contributed by atoms with Crippen LogP contribution in [0.3, 0.4) is 0 Å². The van der Waals surface area contributed by atoms with Gasteiger partial charge in [0, 0.05) is 29.5 Å². The Morgan fingerprint density at radius 3 is 2.74 bits per heavy atom. The highest BCUT2D eigenvalue weighted by Crippen LogP contribution is 2.55. The maximum atomic E-state index is 12.2. The quantitative estimate of drug-likeness (QED) is 0.729. The van der Waals surface area contributed by atoms with Crippen LogP contribution in [-0.2, 0) is 4.79 Å². The molecule has 1 saturated heterocycles. The SMILES string of the molecule is O=C1NCC(c2cc([C@@H]3C[C@H]3c3ccc(Cl)cc3)c3nccn3n2)C(=O)N1. The summed E-state index contributed by atoms with van der Waals surface area (Å²) in [7, 11) is 0. The van der Waals surface area contributed by atoms with E-state index in [0.29, 0.717) is 17.5 Å². The van der Waals surface area contributed by atoms with E-state index in [1.807, 2.05) is 18.2 Å². The van der Waals surface area contributed by atoms with E-state index in [1.54, 1.807) is 16.9 Å². The molecule has 3 amide bonds. The zero-order chi connectivity index (χ0) is 18.5. The third kappa shape index (κ3) is 2.84. The van der Waals surface area contributed by atoms with E-state index in [4.69, 9.17) is 11.6 Å². The first kappa shape index (κ1) is 16.3. The average molecular weight is 382 g/mol. The van der Waals surface area contributed by atoms with Gasteiger partial charge in [-0.3, -0.25) is 10.1 Å². The number of halogens is 1. The fraction of sp³-hybridized carbons (Fsp3) is 0.263. The van der Waals surface area contributed by atoms with Gasteiger partial charge in [0.15, 0.2) is 5.65 Å². The second-order valence-electron chi connectivity index (χ2n) is 6.97. The van der Waals surface area contributed by atoms with Gasteiger partial charge in [-0.25, -0.2) is 14.3 Å². The van der Waals surface area contributed by atoms with E-state index in [2.05, 4.69) is 32.8 Å². The van der Waals surface area contributed by atoms with Gasteiger partial charge < -0.3 is 5.32 Å². The molecule has 2 N–H and O–H groups in total. The molecule has 3 heterocycles. The van der Waals surface area contributed by atoms with Crippen LogP contribution >= 0.6 is 11.6 Å². The monoisotopic (exact) mass is 381 g/mol. The predicted octanol–water partition coefficient (Wildman–Crippen LogP) is 2.58. The molecule has 2 fully saturated rings. The van der Waals surface area contributed by atoms with E-state index in [0.717, 1.165) is 22.7 Å². The van der Waals surface area contributed by atoms with Crippen molar-refractivity contribution in [1.82, 2.24) is 25.2 Å². The van der Waals surface area contributed by atoms with Crippen LogP contribution in [0, 0.1) is 0 Å². The normalized spacial score (nSPS) is 24.6. The lowest BCUT2D eigenvalue weighted by Gasteiger charge is -2.22. The highest BCUT2D eigenvalue weighted by Gasteiger charge is 2.42. The minimum absolute atomic E-state index is 0.239. The van der Waals surface area contributed by atoms with Gasteiger partial charge in [0.25, 0.3) is 0 Å². The number of hydrogen-bond donors (Lipinski definition) is 2. The zero-order valence-corrected chi connectivity index (χ0v) is 15.0. The highest BCUT2D eigenvalue weighted by atomic mass is 35.5. The van der Waals surface area contributed by atoms with Crippen LogP contribution in [0.15, 0.2) is 42.7 Å². The molecule has 0 spiro atoms. The molecule has 136 valence electrons. The maximum absolute atomic E-state index is 12.2. The first-order valence-electron chi connectivity index (χ1n) is 8.78. The summed E-state index contributed by atoms with van der Waals surface area (Å²) in [5, 5.41) is 10.2. The number of urea groups is 1. The van der Waals surface area contributed by atoms with Gasteiger partial charge in [-0.1, -0.05) is 23.7 Å². The van der Waals surface area contributed by atoms with E-state index in [1.165, 1.54) is 5.56 Å². The number of nitrogens with one attached hydrogen (secondary N) is 2. The lowest BCUT2D eigenvalue weighted by molar-refractivity contribution is -0.122. The number of fused-ring (bicyclic) bond motifs is 1. The molecule has 5 rings (SSSR count). The molecule has 8 heteroatoms. The molecular formula is C19H16ClN5O2. The first-order valence-corrected chi connectivity index (χ1v) is 9.16. The van der Waals surface area contributed by atoms with Gasteiger partial charge in [0.2, 0.25) is 5.91 Å². The standard InChI is InChI=1S/C19H16ClN5O2/c20-11-3-1-10(2-4-11)12-7-13(12)14-8-16(24-25-6-5-21-17(14)25)15-9-22-19(27)23-18(15)26/h1-6,8,12-13,15H,7,9H2,(H2,22,23,26,27)/t12-,13+,15?/m0/s1. The third-order valence-corrected chi connectivity index (χ3v) is 5.52. The maximum Gasteiger partial charge on any atom is 0.321 e. The molecule has 7 nitrogen and oxygen atoms in total. The summed E-state index contributed by atoms with van der Waals surface area (Å²) in [4.78, 5) is 28.0. The first-order chi connectivity index (χ1) is 13.1. The molecule has 1 saturated carbocycles. The van der Waals surface area contributed by atoms with Gasteiger partial charge in [0.05, 0.1) is 11.6 Å². The largest absolute Gasteiger partial charge is 0.337 e. The number of rotatable bonds is 3. The number of amides is 3. The fourth-order valence-corrected chi connectivity index (χ4v) is 3.92. The molecule has 2 aromatic heterocycles. The average Bonchev–Trinajstić information content (AvgIpc) is 3.30. The Balaban J connectivity index is 1.51. The van der Waals surface area contributed by atoms with Gasteiger partial charge >= 0.3 is 6.03 Å². The number of imide groups is 1. The molecule has 1 aromatic carbocycles. The Hall–Kier alpha value is -2.93. The lowest BCUT2D eigenvalue weighted by atomic mass is 9.99. The summed E-state index contributed by atoms with van der Waals surface area (Å²) in [6.45, 7) is 0.239. The van der Waals surface area contributed by atoms with E-state index in [9.17, 15) is 9.59 Å². The number of carbonyl (C=O) groups is 2. The Labute approximate surface area is 159 Å². The minimum atomic E-state index is -0.513. The van der Waals surface area contributed by atoms with Crippen LogP contribution in [0.5, 0.6) is 0 Å². The van der Waals surface area contributed by atoms with Crippen molar-refractivity contribution in [2.24, 2.45) is 0 Å². The predicted molar refractivity (Wildman–Crippen MR) is 98.8 cm³/mol. The van der Waals surface area contributed by atoms with Crippen molar-refractivity contribution in [1.29, 1.82) is 0 Å². The van der Waals surface area contributed by atoms with E-state index in [-0.39, 0.29) is 12.5 Å². The number of imidazole rings is 1. The number of benzene rings is 1. The number of hydrogen-bond acceptors (Lipinski definition) is 4. The molecule has 27 heavy (non-hydrogen) atoms. The fourth-order valence-electron chi connectivity index (χ4n) is 3.79. The number of aromatic nitrogens is 3. The second kappa shape index (κ2) is 6.06. The highest BCUT2D eigenvalue weighted by molar-refractivity contribution is 6.30. The molecule has 1 aliphatic heterocycles. The lowest BCUT2D eigenvalue weighted by Crippen LogP contribution is -2.51. The van der Waals surface area contributed by atoms with Crippen molar-refractivity contribution in [2.45, 2.75) is 24.2 Å². The molecule has 0 bridgehead atoms. The summed E-state index contributed by atoms with van der Waals surface area (Å²) >= 11 is 6.00. The summed E-state index contributed by atoms with van der Waals surface area (Å²) in [5.74, 6) is -0.125. The molecule has 0 radical (unpaired) electrons. The summed E-state index contributed by atoms with van der Waals surface area (Å²) < 4.78 is 1.71. The molecule has 3 aromatic rings. The summed E-state index contributed by atoms with van der Waals surface area (Å²) in [6.07, 6.45) is 4.50. The van der Waals surface area contributed by atoms with Gasteiger partial charge in [-0.05, 0) is 42.0 Å². The summed E-state index contributed by atoms with van der Waals surface area (Å²) in [6, 6.07) is 9.42. The van der Waals surface area contributed by atoms with Crippen molar-refractivity contribution in [3.05, 3.63) is 64.6 Å². The molecular weight excluding hydrogens is 366 g/mol. The van der Waals surface area contributed by atoms with Crippen molar-refractivity contribution < 1.29 is 9.59 Å². The Morgan fingerprint density at radius 2 is 1.96 bits per heavy atom. The van der Waals surface area contributed by atoms with Gasteiger partial charge in [-0.2, -0.15) is 5.10 Å². The molecule has 1 aliphatic carbocycles. The van der Waals surface area contributed by atoms with Crippen molar-refractivity contribution in [2.75, 3.05) is 6.54 Å². The van der Waals surface area contributed by atoms with Crippen LogP contribution in [-0.4, -0.2) is 33.1 Å². The Bertz CT molecular complexity index is 1060. The van der Waals surface area contributed by atoms with Crippen LogP contribution < -0.4 is 10.6 Å². The van der Waals surface area contributed by atoms with Gasteiger partial charge in [-0.15, -0.1) is 0 Å². The Morgan fingerprint density at radius 1 is 1.15 bits per heavy atom. The van der Waals surface area contributed by atoms with Crippen molar-refractivity contribution >= 4 is 29.2 Å². The van der Waals surface area contributed by atoms with Crippen LogP contribution in [0.1, 0.15) is 41.0 Å². The van der Waals surface area contributed by atoms with Crippen molar-refractivity contribution in [3.8, 4) is 0 Å². The zero-order valence-electron chi connectivity index (χ0n) is 14.2. The van der Waals surface area contributed by atoms with E-state index >= 15 is 0 Å². The van der Waals surface area contributed by atoms with Crippen LogP contribution in [0.4, 0.5) is 4.79 Å². The van der Waals surface area contributed by atoms with Crippen LogP contribution in [0.2, 0.25) is 5.02 Å². The van der Waals surface area contributed by atoms with Gasteiger partial charge in [0.1, 0.15) is 0 Å². The molecule has 3 atom stereocenters.